The van der Waals surface area contributed by atoms with Crippen molar-refractivity contribution in [3.8, 4) is 0 Å². The third-order valence-corrected chi connectivity index (χ3v) is 3.87. The van der Waals surface area contributed by atoms with Gasteiger partial charge in [-0.15, -0.1) is 0 Å². The van der Waals surface area contributed by atoms with Gasteiger partial charge in [0, 0.05) is 36.8 Å². The molecule has 0 bridgehead atoms. The van der Waals surface area contributed by atoms with Gasteiger partial charge in [-0.1, -0.05) is 19.3 Å². The minimum absolute atomic E-state index is 0.559. The highest BCUT2D eigenvalue weighted by Gasteiger charge is 2.23. The summed E-state index contributed by atoms with van der Waals surface area (Å²) in [5.41, 5.74) is 1.29. The molecular formula is C13H19N3. The van der Waals surface area contributed by atoms with Crippen molar-refractivity contribution in [2.24, 2.45) is 0 Å². The number of rotatable bonds is 2. The van der Waals surface area contributed by atoms with E-state index in [1.807, 2.05) is 6.20 Å². The molecule has 1 aliphatic carbocycles. The monoisotopic (exact) mass is 217 g/mol. The molecule has 0 unspecified atom stereocenters. The normalized spacial score (nSPS) is 23.0. The molecule has 1 saturated heterocycles. The summed E-state index contributed by atoms with van der Waals surface area (Å²) >= 11 is 0. The van der Waals surface area contributed by atoms with Gasteiger partial charge in [0.25, 0.3) is 0 Å². The van der Waals surface area contributed by atoms with Crippen LogP contribution in [0, 0.1) is 0 Å². The fourth-order valence-corrected chi connectivity index (χ4v) is 2.68. The topological polar surface area (TPSA) is 37.8 Å². The van der Waals surface area contributed by atoms with E-state index in [2.05, 4.69) is 16.4 Å². The molecule has 86 valence electrons. The molecule has 0 spiro atoms. The minimum atomic E-state index is 0.559. The molecule has 2 fully saturated rings. The van der Waals surface area contributed by atoms with E-state index < -0.39 is 0 Å². The van der Waals surface area contributed by atoms with Gasteiger partial charge >= 0.3 is 0 Å². The first-order valence-corrected chi connectivity index (χ1v) is 6.47. The van der Waals surface area contributed by atoms with E-state index in [9.17, 15) is 0 Å². The van der Waals surface area contributed by atoms with Crippen LogP contribution in [0.15, 0.2) is 12.3 Å². The molecule has 2 aliphatic rings. The first-order chi connectivity index (χ1) is 7.93. The van der Waals surface area contributed by atoms with Crippen molar-refractivity contribution in [2.75, 3.05) is 13.1 Å². The summed E-state index contributed by atoms with van der Waals surface area (Å²) < 4.78 is 0. The summed E-state index contributed by atoms with van der Waals surface area (Å²) in [6.07, 6.45) is 8.73. The zero-order valence-corrected chi connectivity index (χ0v) is 9.65. The van der Waals surface area contributed by atoms with E-state index >= 15 is 0 Å². The Hall–Kier alpha value is -0.960. The quantitative estimate of drug-likeness (QED) is 0.825. The van der Waals surface area contributed by atoms with Crippen LogP contribution in [0.3, 0.4) is 0 Å². The van der Waals surface area contributed by atoms with Gasteiger partial charge in [0.05, 0.1) is 0 Å². The number of hydrogen-bond acceptors (Lipinski definition) is 3. The molecule has 1 aromatic heterocycles. The predicted molar refractivity (Wildman–Crippen MR) is 63.5 cm³/mol. The zero-order chi connectivity index (χ0) is 10.8. The Kier molecular flexibility index (Phi) is 2.87. The number of aromatic nitrogens is 2. The predicted octanol–water partition coefficient (Wildman–Crippen LogP) is 2.21. The standard InChI is InChI=1S/C13H19N3/c1-2-4-10(5-3-1)12-6-7-15-13(16-12)11-8-14-9-11/h6-7,10-11,14H,1-5,8-9H2. The number of nitrogens with one attached hydrogen (secondary N) is 1. The molecule has 0 atom stereocenters. The number of nitrogens with zero attached hydrogens (tertiary/aromatic N) is 2. The highest BCUT2D eigenvalue weighted by molar-refractivity contribution is 5.13. The molecule has 1 saturated carbocycles. The van der Waals surface area contributed by atoms with Gasteiger partial charge in [0.15, 0.2) is 0 Å². The Morgan fingerprint density at radius 3 is 2.56 bits per heavy atom. The Balaban J connectivity index is 1.77. The molecule has 3 nitrogen and oxygen atoms in total. The smallest absolute Gasteiger partial charge is 0.134 e. The van der Waals surface area contributed by atoms with Gasteiger partial charge in [-0.2, -0.15) is 0 Å². The molecule has 0 amide bonds. The Morgan fingerprint density at radius 1 is 1.06 bits per heavy atom. The number of hydrogen-bond donors (Lipinski definition) is 1. The van der Waals surface area contributed by atoms with Gasteiger partial charge < -0.3 is 5.32 Å². The van der Waals surface area contributed by atoms with Gasteiger partial charge in [-0.3, -0.25) is 0 Å². The van der Waals surface area contributed by atoms with Crippen LogP contribution in [0.4, 0.5) is 0 Å². The summed E-state index contributed by atoms with van der Waals surface area (Å²) in [5.74, 6) is 2.31. The minimum Gasteiger partial charge on any atom is -0.315 e. The summed E-state index contributed by atoms with van der Waals surface area (Å²) in [7, 11) is 0. The van der Waals surface area contributed by atoms with Crippen molar-refractivity contribution >= 4 is 0 Å². The van der Waals surface area contributed by atoms with E-state index in [0.717, 1.165) is 18.9 Å². The second-order valence-electron chi connectivity index (χ2n) is 5.03. The average molecular weight is 217 g/mol. The molecule has 0 radical (unpaired) electrons. The first kappa shape index (κ1) is 10.2. The summed E-state index contributed by atoms with van der Waals surface area (Å²) in [6.45, 7) is 2.10. The van der Waals surface area contributed by atoms with Crippen molar-refractivity contribution in [1.29, 1.82) is 0 Å². The van der Waals surface area contributed by atoms with Gasteiger partial charge in [-0.05, 0) is 18.9 Å². The van der Waals surface area contributed by atoms with Crippen LogP contribution in [0.1, 0.15) is 55.5 Å². The third kappa shape index (κ3) is 1.96. The van der Waals surface area contributed by atoms with Gasteiger partial charge in [0.2, 0.25) is 0 Å². The molecule has 3 heteroatoms. The van der Waals surface area contributed by atoms with E-state index in [0.29, 0.717) is 11.8 Å². The highest BCUT2D eigenvalue weighted by Crippen LogP contribution is 2.31. The van der Waals surface area contributed by atoms with Crippen molar-refractivity contribution in [3.05, 3.63) is 23.8 Å². The molecule has 1 aliphatic heterocycles. The van der Waals surface area contributed by atoms with Crippen LogP contribution in [-0.2, 0) is 0 Å². The molecule has 2 heterocycles. The maximum Gasteiger partial charge on any atom is 0.134 e. The fraction of sp³-hybridized carbons (Fsp3) is 0.692. The van der Waals surface area contributed by atoms with Crippen molar-refractivity contribution < 1.29 is 0 Å². The van der Waals surface area contributed by atoms with Crippen LogP contribution < -0.4 is 5.32 Å². The Bertz CT molecular complexity index is 354. The van der Waals surface area contributed by atoms with E-state index in [4.69, 9.17) is 4.98 Å². The summed E-state index contributed by atoms with van der Waals surface area (Å²) in [6, 6.07) is 2.12. The van der Waals surface area contributed by atoms with Gasteiger partial charge in [-0.25, -0.2) is 9.97 Å². The van der Waals surface area contributed by atoms with E-state index in [1.54, 1.807) is 0 Å². The fourth-order valence-electron chi connectivity index (χ4n) is 2.68. The van der Waals surface area contributed by atoms with Crippen LogP contribution in [0.2, 0.25) is 0 Å². The lowest BCUT2D eigenvalue weighted by Gasteiger charge is -2.27. The average Bonchev–Trinajstić information content (AvgIpc) is 2.28. The maximum absolute atomic E-state index is 4.77. The lowest BCUT2D eigenvalue weighted by Crippen LogP contribution is -2.41. The molecular weight excluding hydrogens is 198 g/mol. The molecule has 1 N–H and O–H groups in total. The lowest BCUT2D eigenvalue weighted by molar-refractivity contribution is 0.414. The molecule has 16 heavy (non-hydrogen) atoms. The highest BCUT2D eigenvalue weighted by atomic mass is 15.0. The Labute approximate surface area is 96.7 Å². The van der Waals surface area contributed by atoms with Crippen LogP contribution >= 0.6 is 0 Å². The van der Waals surface area contributed by atoms with Crippen molar-refractivity contribution in [1.82, 2.24) is 15.3 Å². The van der Waals surface area contributed by atoms with Crippen molar-refractivity contribution in [2.45, 2.75) is 43.9 Å². The third-order valence-electron chi connectivity index (χ3n) is 3.87. The van der Waals surface area contributed by atoms with Gasteiger partial charge in [0.1, 0.15) is 5.82 Å². The van der Waals surface area contributed by atoms with Crippen LogP contribution in [0.5, 0.6) is 0 Å². The Morgan fingerprint density at radius 2 is 1.88 bits per heavy atom. The van der Waals surface area contributed by atoms with Crippen LogP contribution in [0.25, 0.3) is 0 Å². The lowest BCUT2D eigenvalue weighted by atomic mass is 9.87. The van der Waals surface area contributed by atoms with Crippen LogP contribution in [-0.4, -0.2) is 23.1 Å². The second-order valence-corrected chi connectivity index (χ2v) is 5.03. The SMILES string of the molecule is c1cc(C2CCCCC2)nc(C2CNC2)n1. The molecule has 1 aromatic rings. The summed E-state index contributed by atoms with van der Waals surface area (Å²) in [4.78, 5) is 9.17. The second kappa shape index (κ2) is 4.50. The van der Waals surface area contributed by atoms with E-state index in [-0.39, 0.29) is 0 Å². The molecule has 0 aromatic carbocycles. The largest absolute Gasteiger partial charge is 0.315 e. The van der Waals surface area contributed by atoms with Crippen molar-refractivity contribution in [3.63, 3.8) is 0 Å². The molecule has 3 rings (SSSR count). The van der Waals surface area contributed by atoms with E-state index in [1.165, 1.54) is 37.8 Å². The zero-order valence-electron chi connectivity index (χ0n) is 9.65. The first-order valence-electron chi connectivity index (χ1n) is 6.47. The summed E-state index contributed by atoms with van der Waals surface area (Å²) in [5, 5.41) is 3.28. The maximum atomic E-state index is 4.77.